The molecule has 0 bridgehead atoms. The number of benzene rings is 2. The lowest BCUT2D eigenvalue weighted by molar-refractivity contribution is 0.302. The molecule has 1 aliphatic rings. The van der Waals surface area contributed by atoms with Crippen LogP contribution < -0.4 is 0 Å². The van der Waals surface area contributed by atoms with Crippen molar-refractivity contribution in [1.29, 1.82) is 0 Å². The predicted molar refractivity (Wildman–Crippen MR) is 97.5 cm³/mol. The van der Waals surface area contributed by atoms with Crippen molar-refractivity contribution in [2.45, 2.75) is 24.3 Å². The fourth-order valence-electron chi connectivity index (χ4n) is 3.24. The van der Waals surface area contributed by atoms with Gasteiger partial charge in [-0.3, -0.25) is 0 Å². The van der Waals surface area contributed by atoms with E-state index in [4.69, 9.17) is 0 Å². The van der Waals surface area contributed by atoms with E-state index in [9.17, 15) is 8.42 Å². The third-order valence-corrected chi connectivity index (χ3v) is 6.78. The van der Waals surface area contributed by atoms with Crippen molar-refractivity contribution in [3.8, 4) is 11.1 Å². The largest absolute Gasteiger partial charge is 0.305 e. The minimum Gasteiger partial charge on any atom is -0.305 e. The standard InChI is InChI=1S/C19H24N2O2S/c1-15-13-17(16-7-5-4-6-8-16)9-10-19(15)24(22,23)21-12-11-18(14-21)20(2)3/h4-10,13,18H,11-12,14H2,1-3H3/t18-/m1/s1. The maximum atomic E-state index is 13.0. The third kappa shape index (κ3) is 3.24. The Kier molecular flexibility index (Phi) is 4.76. The molecule has 0 radical (unpaired) electrons. The average Bonchev–Trinajstić information content (AvgIpc) is 3.06. The van der Waals surface area contributed by atoms with Crippen molar-refractivity contribution in [1.82, 2.24) is 9.21 Å². The Balaban J connectivity index is 1.89. The van der Waals surface area contributed by atoms with E-state index in [1.807, 2.05) is 63.5 Å². The molecule has 1 aliphatic heterocycles. The monoisotopic (exact) mass is 344 g/mol. The number of likely N-dealkylation sites (N-methyl/N-ethyl adjacent to an activating group) is 1. The van der Waals surface area contributed by atoms with Crippen LogP contribution in [0.3, 0.4) is 0 Å². The molecular weight excluding hydrogens is 320 g/mol. The van der Waals surface area contributed by atoms with E-state index < -0.39 is 10.0 Å². The molecule has 1 saturated heterocycles. The van der Waals surface area contributed by atoms with Gasteiger partial charge in [0.25, 0.3) is 0 Å². The molecule has 2 aromatic carbocycles. The highest BCUT2D eigenvalue weighted by Crippen LogP contribution is 2.28. The van der Waals surface area contributed by atoms with Crippen LogP contribution in [0.1, 0.15) is 12.0 Å². The summed E-state index contributed by atoms with van der Waals surface area (Å²) in [5.74, 6) is 0. The molecule has 0 amide bonds. The molecule has 0 aromatic heterocycles. The molecule has 0 aliphatic carbocycles. The summed E-state index contributed by atoms with van der Waals surface area (Å²) in [7, 11) is 0.573. The first-order chi connectivity index (χ1) is 11.4. The van der Waals surface area contributed by atoms with Crippen LogP contribution >= 0.6 is 0 Å². The fraction of sp³-hybridized carbons (Fsp3) is 0.368. The van der Waals surface area contributed by atoms with Crippen LogP contribution in [0.4, 0.5) is 0 Å². The first-order valence-electron chi connectivity index (χ1n) is 8.22. The van der Waals surface area contributed by atoms with E-state index >= 15 is 0 Å². The van der Waals surface area contributed by atoms with E-state index in [1.165, 1.54) is 0 Å². The second-order valence-corrected chi connectivity index (χ2v) is 8.52. The highest BCUT2D eigenvalue weighted by atomic mass is 32.2. The van der Waals surface area contributed by atoms with Gasteiger partial charge in [-0.25, -0.2) is 8.42 Å². The number of hydrogen-bond donors (Lipinski definition) is 0. The van der Waals surface area contributed by atoms with Crippen molar-refractivity contribution in [2.75, 3.05) is 27.2 Å². The summed E-state index contributed by atoms with van der Waals surface area (Å²) >= 11 is 0. The molecule has 0 spiro atoms. The number of sulfonamides is 1. The van der Waals surface area contributed by atoms with E-state index in [0.29, 0.717) is 24.0 Å². The Bertz CT molecular complexity index is 817. The van der Waals surface area contributed by atoms with Crippen LogP contribution in [0.5, 0.6) is 0 Å². The summed E-state index contributed by atoms with van der Waals surface area (Å²) in [5, 5.41) is 0. The van der Waals surface area contributed by atoms with Gasteiger partial charge in [-0.15, -0.1) is 0 Å². The van der Waals surface area contributed by atoms with Crippen LogP contribution in [0.25, 0.3) is 11.1 Å². The van der Waals surface area contributed by atoms with Gasteiger partial charge in [0, 0.05) is 19.1 Å². The van der Waals surface area contributed by atoms with Gasteiger partial charge in [-0.1, -0.05) is 42.5 Å². The Morgan fingerprint density at radius 1 is 1.04 bits per heavy atom. The summed E-state index contributed by atoms with van der Waals surface area (Å²) < 4.78 is 27.6. The van der Waals surface area contributed by atoms with Gasteiger partial charge in [0.2, 0.25) is 10.0 Å². The quantitative estimate of drug-likeness (QED) is 0.856. The molecule has 24 heavy (non-hydrogen) atoms. The first kappa shape index (κ1) is 17.1. The molecule has 0 saturated carbocycles. The second kappa shape index (κ2) is 6.67. The summed E-state index contributed by atoms with van der Waals surface area (Å²) in [6.45, 7) is 3.03. The summed E-state index contributed by atoms with van der Waals surface area (Å²) in [4.78, 5) is 2.52. The molecule has 2 aromatic rings. The molecular formula is C19H24N2O2S. The Morgan fingerprint density at radius 2 is 1.75 bits per heavy atom. The van der Waals surface area contributed by atoms with Crippen LogP contribution in [-0.2, 0) is 10.0 Å². The lowest BCUT2D eigenvalue weighted by Crippen LogP contribution is -2.34. The van der Waals surface area contributed by atoms with Gasteiger partial charge in [-0.2, -0.15) is 4.31 Å². The Hall–Kier alpha value is -1.69. The molecule has 1 atom stereocenters. The molecule has 0 unspecified atom stereocenters. The first-order valence-corrected chi connectivity index (χ1v) is 9.66. The van der Waals surface area contributed by atoms with E-state index in [-0.39, 0.29) is 0 Å². The van der Waals surface area contributed by atoms with Crippen molar-refractivity contribution >= 4 is 10.0 Å². The Morgan fingerprint density at radius 3 is 2.33 bits per heavy atom. The van der Waals surface area contributed by atoms with Crippen LogP contribution in [0.2, 0.25) is 0 Å². The van der Waals surface area contributed by atoms with Crippen molar-refractivity contribution < 1.29 is 8.42 Å². The van der Waals surface area contributed by atoms with Gasteiger partial charge in [0.15, 0.2) is 0 Å². The highest BCUT2D eigenvalue weighted by Gasteiger charge is 2.34. The third-order valence-electron chi connectivity index (χ3n) is 4.76. The van der Waals surface area contributed by atoms with Crippen LogP contribution in [0.15, 0.2) is 53.4 Å². The van der Waals surface area contributed by atoms with Gasteiger partial charge < -0.3 is 4.90 Å². The predicted octanol–water partition coefficient (Wildman–Crippen LogP) is 2.99. The topological polar surface area (TPSA) is 40.6 Å². The minimum atomic E-state index is -3.43. The minimum absolute atomic E-state index is 0.295. The maximum absolute atomic E-state index is 13.0. The van der Waals surface area contributed by atoms with E-state index in [0.717, 1.165) is 23.1 Å². The maximum Gasteiger partial charge on any atom is 0.243 e. The van der Waals surface area contributed by atoms with Crippen molar-refractivity contribution in [2.24, 2.45) is 0 Å². The lowest BCUT2D eigenvalue weighted by Gasteiger charge is -2.21. The summed E-state index contributed by atoms with van der Waals surface area (Å²) in [6, 6.07) is 15.9. The highest BCUT2D eigenvalue weighted by molar-refractivity contribution is 7.89. The van der Waals surface area contributed by atoms with Gasteiger partial charge in [0.1, 0.15) is 0 Å². The molecule has 1 fully saturated rings. The SMILES string of the molecule is Cc1cc(-c2ccccc2)ccc1S(=O)(=O)N1CC[C@@H](N(C)C)C1. The fourth-order valence-corrected chi connectivity index (χ4v) is 4.94. The smallest absolute Gasteiger partial charge is 0.243 e. The number of nitrogens with zero attached hydrogens (tertiary/aromatic N) is 2. The molecule has 0 N–H and O–H groups in total. The van der Waals surface area contributed by atoms with Crippen molar-refractivity contribution in [3.63, 3.8) is 0 Å². The molecule has 5 heteroatoms. The van der Waals surface area contributed by atoms with Gasteiger partial charge >= 0.3 is 0 Å². The molecule has 3 rings (SSSR count). The zero-order chi connectivity index (χ0) is 17.3. The zero-order valence-electron chi connectivity index (χ0n) is 14.4. The molecule has 1 heterocycles. The number of aryl methyl sites for hydroxylation is 1. The second-order valence-electron chi connectivity index (χ2n) is 6.62. The molecule has 128 valence electrons. The number of hydrogen-bond acceptors (Lipinski definition) is 3. The molecule has 4 nitrogen and oxygen atoms in total. The summed E-state index contributed by atoms with van der Waals surface area (Å²) in [6.07, 6.45) is 0.882. The van der Waals surface area contributed by atoms with E-state index in [2.05, 4.69) is 4.90 Å². The van der Waals surface area contributed by atoms with E-state index in [1.54, 1.807) is 10.4 Å². The Labute approximate surface area is 144 Å². The lowest BCUT2D eigenvalue weighted by atomic mass is 10.0. The zero-order valence-corrected chi connectivity index (χ0v) is 15.3. The van der Waals surface area contributed by atoms with Gasteiger partial charge in [0.05, 0.1) is 4.90 Å². The van der Waals surface area contributed by atoms with Crippen molar-refractivity contribution in [3.05, 3.63) is 54.1 Å². The van der Waals surface area contributed by atoms with Crippen LogP contribution in [0, 0.1) is 6.92 Å². The van der Waals surface area contributed by atoms with Crippen LogP contribution in [-0.4, -0.2) is 50.8 Å². The average molecular weight is 344 g/mol. The van der Waals surface area contributed by atoms with Gasteiger partial charge in [-0.05, 0) is 50.2 Å². The normalized spacial score (nSPS) is 19.1. The number of rotatable bonds is 4. The summed E-state index contributed by atoms with van der Waals surface area (Å²) in [5.41, 5.74) is 2.93.